The highest BCUT2D eigenvalue weighted by molar-refractivity contribution is 9.10. The Morgan fingerprint density at radius 1 is 1.44 bits per heavy atom. The summed E-state index contributed by atoms with van der Waals surface area (Å²) in [6.07, 6.45) is 4.58. The molecule has 0 aliphatic heterocycles. The van der Waals surface area contributed by atoms with Crippen LogP contribution in [0.5, 0.6) is 0 Å². The van der Waals surface area contributed by atoms with Gasteiger partial charge in [-0.15, -0.1) is 0 Å². The van der Waals surface area contributed by atoms with Crippen LogP contribution in [0.25, 0.3) is 11.4 Å². The van der Waals surface area contributed by atoms with Gasteiger partial charge < -0.3 is 5.32 Å². The van der Waals surface area contributed by atoms with Gasteiger partial charge >= 0.3 is 0 Å². The Morgan fingerprint density at radius 2 is 2.31 bits per heavy atom. The van der Waals surface area contributed by atoms with Gasteiger partial charge in [-0.3, -0.25) is 4.98 Å². The van der Waals surface area contributed by atoms with Gasteiger partial charge in [-0.05, 0) is 28.4 Å². The highest BCUT2D eigenvalue weighted by atomic mass is 79.9. The maximum absolute atomic E-state index is 4.39. The predicted molar refractivity (Wildman–Crippen MR) is 69.6 cm³/mol. The van der Waals surface area contributed by atoms with Crippen molar-refractivity contribution in [3.63, 3.8) is 0 Å². The van der Waals surface area contributed by atoms with E-state index in [1.807, 2.05) is 6.07 Å². The third kappa shape index (κ3) is 2.76. The molecule has 0 unspecified atom stereocenters. The lowest BCUT2D eigenvalue weighted by atomic mass is 10.3. The number of nitrogens with one attached hydrogen (secondary N) is 1. The van der Waals surface area contributed by atoms with Crippen LogP contribution in [0.4, 0.5) is 5.13 Å². The van der Waals surface area contributed by atoms with E-state index in [9.17, 15) is 0 Å². The molecule has 0 aliphatic rings. The molecule has 4 nitrogen and oxygen atoms in total. The maximum Gasteiger partial charge on any atom is 0.202 e. The van der Waals surface area contributed by atoms with Gasteiger partial charge in [0.05, 0.1) is 0 Å². The van der Waals surface area contributed by atoms with Gasteiger partial charge in [0.15, 0.2) is 5.82 Å². The fraction of sp³-hybridized carbons (Fsp3) is 0.300. The van der Waals surface area contributed by atoms with Crippen LogP contribution >= 0.6 is 27.5 Å². The summed E-state index contributed by atoms with van der Waals surface area (Å²) >= 11 is 4.75. The molecule has 84 valence electrons. The van der Waals surface area contributed by atoms with Gasteiger partial charge in [0, 0.05) is 40.5 Å². The molecule has 0 saturated heterocycles. The summed E-state index contributed by atoms with van der Waals surface area (Å²) in [7, 11) is 0. The summed E-state index contributed by atoms with van der Waals surface area (Å²) in [4.78, 5) is 8.48. The number of hydrogen-bond acceptors (Lipinski definition) is 5. The molecule has 0 aliphatic carbocycles. The lowest BCUT2D eigenvalue weighted by Crippen LogP contribution is -1.98. The molecule has 0 bridgehead atoms. The Kier molecular flexibility index (Phi) is 3.84. The minimum atomic E-state index is 0.720. The number of nitrogens with zero attached hydrogens (tertiary/aromatic N) is 3. The largest absolute Gasteiger partial charge is 0.360 e. The molecule has 2 aromatic rings. The third-order valence-corrected chi connectivity index (χ3v) is 3.02. The van der Waals surface area contributed by atoms with E-state index in [2.05, 4.69) is 42.5 Å². The van der Waals surface area contributed by atoms with Crippen molar-refractivity contribution in [2.45, 2.75) is 13.3 Å². The van der Waals surface area contributed by atoms with Crippen LogP contribution < -0.4 is 5.32 Å². The highest BCUT2D eigenvalue weighted by Crippen LogP contribution is 2.22. The Hall–Kier alpha value is -1.01. The second-order valence-corrected chi connectivity index (χ2v) is 4.91. The minimum absolute atomic E-state index is 0.720. The Morgan fingerprint density at radius 3 is 3.06 bits per heavy atom. The molecular formula is C10H11BrN4S. The van der Waals surface area contributed by atoms with Crippen molar-refractivity contribution in [1.82, 2.24) is 14.3 Å². The van der Waals surface area contributed by atoms with E-state index in [1.165, 1.54) is 11.5 Å². The molecule has 0 radical (unpaired) electrons. The van der Waals surface area contributed by atoms with Gasteiger partial charge in [-0.1, -0.05) is 6.92 Å². The minimum Gasteiger partial charge on any atom is -0.360 e. The highest BCUT2D eigenvalue weighted by Gasteiger charge is 2.06. The van der Waals surface area contributed by atoms with E-state index in [-0.39, 0.29) is 0 Å². The Balaban J connectivity index is 2.18. The second kappa shape index (κ2) is 5.36. The number of pyridine rings is 1. The molecule has 2 aromatic heterocycles. The molecule has 0 spiro atoms. The first kappa shape index (κ1) is 11.5. The van der Waals surface area contributed by atoms with Crippen molar-refractivity contribution in [1.29, 1.82) is 0 Å². The molecule has 0 fully saturated rings. The lowest BCUT2D eigenvalue weighted by molar-refractivity contribution is 0.976. The van der Waals surface area contributed by atoms with Gasteiger partial charge in [0.25, 0.3) is 0 Å². The first-order valence-corrected chi connectivity index (χ1v) is 6.54. The average molecular weight is 299 g/mol. The fourth-order valence-electron chi connectivity index (χ4n) is 1.18. The van der Waals surface area contributed by atoms with E-state index in [0.29, 0.717) is 0 Å². The number of anilines is 1. The van der Waals surface area contributed by atoms with Gasteiger partial charge in [-0.25, -0.2) is 0 Å². The number of rotatable bonds is 4. The van der Waals surface area contributed by atoms with E-state index in [0.717, 1.165) is 34.0 Å². The number of hydrogen-bond donors (Lipinski definition) is 1. The van der Waals surface area contributed by atoms with Crippen molar-refractivity contribution in [3.8, 4) is 11.4 Å². The zero-order chi connectivity index (χ0) is 11.4. The van der Waals surface area contributed by atoms with Crippen molar-refractivity contribution >= 4 is 32.6 Å². The van der Waals surface area contributed by atoms with E-state index >= 15 is 0 Å². The molecule has 2 heterocycles. The standard InChI is InChI=1S/C10H11BrN4S/c1-2-3-13-10-14-9(15-16-10)7-4-8(11)6-12-5-7/h4-6H,2-3H2,1H3,(H,13,14,15). The summed E-state index contributed by atoms with van der Waals surface area (Å²) in [5, 5.41) is 4.07. The monoisotopic (exact) mass is 298 g/mol. The van der Waals surface area contributed by atoms with Gasteiger partial charge in [0.2, 0.25) is 5.13 Å². The quantitative estimate of drug-likeness (QED) is 0.942. The van der Waals surface area contributed by atoms with Crippen molar-refractivity contribution in [2.24, 2.45) is 0 Å². The Labute approximate surface area is 106 Å². The second-order valence-electron chi connectivity index (χ2n) is 3.24. The Bertz CT molecular complexity index is 471. The smallest absolute Gasteiger partial charge is 0.202 e. The maximum atomic E-state index is 4.39. The summed E-state index contributed by atoms with van der Waals surface area (Å²) in [6.45, 7) is 3.04. The molecule has 1 N–H and O–H groups in total. The summed E-state index contributed by atoms with van der Waals surface area (Å²) in [5.41, 5.74) is 0.926. The molecule has 16 heavy (non-hydrogen) atoms. The molecular weight excluding hydrogens is 288 g/mol. The normalized spacial score (nSPS) is 10.4. The van der Waals surface area contributed by atoms with Crippen LogP contribution in [-0.4, -0.2) is 20.9 Å². The molecule has 0 atom stereocenters. The lowest BCUT2D eigenvalue weighted by Gasteiger charge is -1.96. The van der Waals surface area contributed by atoms with Crippen molar-refractivity contribution in [2.75, 3.05) is 11.9 Å². The van der Waals surface area contributed by atoms with Gasteiger partial charge in [0.1, 0.15) is 0 Å². The molecule has 0 aromatic carbocycles. The number of halogens is 1. The fourth-order valence-corrected chi connectivity index (χ4v) is 2.16. The molecule has 6 heteroatoms. The van der Waals surface area contributed by atoms with Crippen LogP contribution in [0, 0.1) is 0 Å². The van der Waals surface area contributed by atoms with Crippen LogP contribution in [0.2, 0.25) is 0 Å². The zero-order valence-corrected chi connectivity index (χ0v) is 11.2. The zero-order valence-electron chi connectivity index (χ0n) is 8.77. The summed E-state index contributed by atoms with van der Waals surface area (Å²) in [5.74, 6) is 0.720. The molecule has 0 amide bonds. The average Bonchev–Trinajstić information content (AvgIpc) is 2.75. The van der Waals surface area contributed by atoms with E-state index in [4.69, 9.17) is 0 Å². The summed E-state index contributed by atoms with van der Waals surface area (Å²) in [6, 6.07) is 1.96. The van der Waals surface area contributed by atoms with Crippen molar-refractivity contribution in [3.05, 3.63) is 22.9 Å². The summed E-state index contributed by atoms with van der Waals surface area (Å²) < 4.78 is 5.22. The van der Waals surface area contributed by atoms with Crippen LogP contribution in [0.1, 0.15) is 13.3 Å². The van der Waals surface area contributed by atoms with Gasteiger partial charge in [-0.2, -0.15) is 9.36 Å². The SMILES string of the molecule is CCCNc1nc(-c2cncc(Br)c2)ns1. The van der Waals surface area contributed by atoms with Crippen LogP contribution in [-0.2, 0) is 0 Å². The van der Waals surface area contributed by atoms with E-state index < -0.39 is 0 Å². The third-order valence-electron chi connectivity index (χ3n) is 1.92. The first-order valence-electron chi connectivity index (χ1n) is 4.98. The predicted octanol–water partition coefficient (Wildman–Crippen LogP) is 3.18. The van der Waals surface area contributed by atoms with Crippen LogP contribution in [0.3, 0.4) is 0 Å². The molecule has 2 rings (SSSR count). The topological polar surface area (TPSA) is 50.7 Å². The number of aromatic nitrogens is 3. The van der Waals surface area contributed by atoms with E-state index in [1.54, 1.807) is 12.4 Å². The first-order chi connectivity index (χ1) is 7.79. The van der Waals surface area contributed by atoms with Crippen molar-refractivity contribution < 1.29 is 0 Å². The molecule has 0 saturated carbocycles. The van der Waals surface area contributed by atoms with Crippen LogP contribution in [0.15, 0.2) is 22.9 Å².